The third kappa shape index (κ3) is 4.11. The minimum Gasteiger partial charge on any atom is -0.467 e. The first-order valence-corrected chi connectivity index (χ1v) is 8.70. The molecule has 1 atom stereocenters. The van der Waals surface area contributed by atoms with Crippen LogP contribution in [0, 0.1) is 0 Å². The molecule has 0 aliphatic rings. The number of benzene rings is 2. The number of ether oxygens (including phenoxy) is 1. The van der Waals surface area contributed by atoms with Crippen molar-refractivity contribution in [1.29, 1.82) is 0 Å². The Balaban J connectivity index is 1.82. The van der Waals surface area contributed by atoms with Crippen LogP contribution in [0.4, 0.5) is 5.69 Å². The number of nitrogens with zero attached hydrogens (tertiary/aromatic N) is 1. The Kier molecular flexibility index (Phi) is 5.45. The second-order valence-electron chi connectivity index (χ2n) is 6.56. The maximum atomic E-state index is 12.7. The van der Waals surface area contributed by atoms with Gasteiger partial charge < -0.3 is 19.9 Å². The second-order valence-corrected chi connectivity index (χ2v) is 6.56. The number of H-pyrrole nitrogens is 1. The van der Waals surface area contributed by atoms with Gasteiger partial charge in [0.05, 0.1) is 7.11 Å². The fraction of sp³-hybridized carbons (Fsp3) is 0.238. The van der Waals surface area contributed by atoms with Gasteiger partial charge in [0.15, 0.2) is 0 Å². The summed E-state index contributed by atoms with van der Waals surface area (Å²) in [4.78, 5) is 30.1. The Morgan fingerprint density at radius 2 is 1.93 bits per heavy atom. The van der Waals surface area contributed by atoms with E-state index in [1.54, 1.807) is 12.1 Å². The van der Waals surface area contributed by atoms with E-state index in [1.807, 2.05) is 61.6 Å². The van der Waals surface area contributed by atoms with Crippen molar-refractivity contribution >= 4 is 28.5 Å². The Hall–Kier alpha value is -3.28. The molecule has 0 saturated heterocycles. The van der Waals surface area contributed by atoms with E-state index in [0.717, 1.165) is 22.2 Å². The molecule has 2 N–H and O–H groups in total. The maximum Gasteiger partial charge on any atom is 0.328 e. The highest BCUT2D eigenvalue weighted by Gasteiger charge is 2.24. The lowest BCUT2D eigenvalue weighted by Crippen LogP contribution is -2.43. The number of esters is 1. The van der Waals surface area contributed by atoms with E-state index in [1.165, 1.54) is 7.11 Å². The van der Waals surface area contributed by atoms with Crippen molar-refractivity contribution in [3.8, 4) is 0 Å². The average Bonchev–Trinajstić information content (AvgIpc) is 3.09. The molecule has 0 fully saturated rings. The summed E-state index contributed by atoms with van der Waals surface area (Å²) < 4.78 is 4.90. The van der Waals surface area contributed by atoms with E-state index in [2.05, 4.69) is 10.3 Å². The number of fused-ring (bicyclic) bond motifs is 1. The Labute approximate surface area is 158 Å². The van der Waals surface area contributed by atoms with Gasteiger partial charge in [0.25, 0.3) is 5.91 Å². The van der Waals surface area contributed by atoms with Gasteiger partial charge in [0.2, 0.25) is 0 Å². The molecule has 0 spiro atoms. The van der Waals surface area contributed by atoms with Gasteiger partial charge in [-0.25, -0.2) is 4.79 Å². The van der Waals surface area contributed by atoms with Gasteiger partial charge in [-0.05, 0) is 29.8 Å². The molecule has 1 heterocycles. The van der Waals surface area contributed by atoms with E-state index >= 15 is 0 Å². The largest absolute Gasteiger partial charge is 0.467 e. The van der Waals surface area contributed by atoms with Crippen LogP contribution in [0.1, 0.15) is 15.9 Å². The zero-order valence-electron chi connectivity index (χ0n) is 15.7. The summed E-state index contributed by atoms with van der Waals surface area (Å²) in [5.74, 6) is -0.786. The summed E-state index contributed by atoms with van der Waals surface area (Å²) in [6.07, 6.45) is 2.20. The van der Waals surface area contributed by atoms with E-state index in [4.69, 9.17) is 4.74 Å². The molecule has 1 aromatic heterocycles. The highest BCUT2D eigenvalue weighted by Crippen LogP contribution is 2.20. The zero-order chi connectivity index (χ0) is 19.4. The fourth-order valence-electron chi connectivity index (χ4n) is 3.02. The number of amides is 1. The van der Waals surface area contributed by atoms with Gasteiger partial charge in [-0.15, -0.1) is 0 Å². The minimum absolute atomic E-state index is 0.311. The van der Waals surface area contributed by atoms with Crippen LogP contribution < -0.4 is 10.2 Å². The molecular weight excluding hydrogens is 342 g/mol. The molecule has 27 heavy (non-hydrogen) atoms. The topological polar surface area (TPSA) is 74.4 Å². The van der Waals surface area contributed by atoms with Crippen molar-refractivity contribution in [1.82, 2.24) is 10.3 Å². The lowest BCUT2D eigenvalue weighted by atomic mass is 10.0. The first-order valence-electron chi connectivity index (χ1n) is 8.70. The molecule has 3 aromatic rings. The highest BCUT2D eigenvalue weighted by atomic mass is 16.5. The Morgan fingerprint density at radius 1 is 1.15 bits per heavy atom. The molecule has 1 unspecified atom stereocenters. The average molecular weight is 365 g/mol. The van der Waals surface area contributed by atoms with Crippen LogP contribution in [0.5, 0.6) is 0 Å². The normalized spacial score (nSPS) is 11.8. The molecule has 0 aliphatic heterocycles. The Bertz CT molecular complexity index is 962. The molecule has 6 nitrogen and oxygen atoms in total. The molecule has 6 heteroatoms. The second kappa shape index (κ2) is 7.95. The van der Waals surface area contributed by atoms with Crippen LogP contribution >= 0.6 is 0 Å². The molecule has 1 amide bonds. The van der Waals surface area contributed by atoms with Crippen molar-refractivity contribution in [3.63, 3.8) is 0 Å². The zero-order valence-corrected chi connectivity index (χ0v) is 15.7. The van der Waals surface area contributed by atoms with Crippen LogP contribution in [0.3, 0.4) is 0 Å². The number of aromatic amines is 1. The van der Waals surface area contributed by atoms with E-state index in [9.17, 15) is 9.59 Å². The number of rotatable bonds is 6. The first-order chi connectivity index (χ1) is 13.0. The van der Waals surface area contributed by atoms with Crippen molar-refractivity contribution < 1.29 is 14.3 Å². The van der Waals surface area contributed by atoms with Gasteiger partial charge in [0, 0.05) is 48.9 Å². The number of para-hydroxylation sites is 1. The van der Waals surface area contributed by atoms with Crippen LogP contribution in [0.15, 0.2) is 54.7 Å². The smallest absolute Gasteiger partial charge is 0.328 e. The van der Waals surface area contributed by atoms with Gasteiger partial charge in [-0.3, -0.25) is 4.79 Å². The molecular formula is C21H23N3O3. The fourth-order valence-corrected chi connectivity index (χ4v) is 3.02. The lowest BCUT2D eigenvalue weighted by molar-refractivity contribution is -0.142. The van der Waals surface area contributed by atoms with Gasteiger partial charge in [0.1, 0.15) is 6.04 Å². The predicted molar refractivity (Wildman–Crippen MR) is 106 cm³/mol. The number of nitrogens with one attached hydrogen (secondary N) is 2. The number of anilines is 1. The summed E-state index contributed by atoms with van der Waals surface area (Å²) in [6, 6.07) is 14.3. The van der Waals surface area contributed by atoms with Crippen molar-refractivity contribution in [2.45, 2.75) is 12.5 Å². The highest BCUT2D eigenvalue weighted by molar-refractivity contribution is 5.97. The summed E-state index contributed by atoms with van der Waals surface area (Å²) in [7, 11) is 5.14. The maximum absolute atomic E-state index is 12.7. The van der Waals surface area contributed by atoms with Crippen molar-refractivity contribution in [2.24, 2.45) is 0 Å². The van der Waals surface area contributed by atoms with Crippen LogP contribution in [-0.4, -0.2) is 44.1 Å². The van der Waals surface area contributed by atoms with E-state index < -0.39 is 12.0 Å². The van der Waals surface area contributed by atoms with Crippen LogP contribution in [-0.2, 0) is 16.0 Å². The molecule has 0 saturated carbocycles. The summed E-state index contributed by atoms with van der Waals surface area (Å²) >= 11 is 0. The molecule has 3 rings (SSSR count). The molecule has 0 bridgehead atoms. The first kappa shape index (κ1) is 18.5. The number of hydrogen-bond donors (Lipinski definition) is 2. The number of hydrogen-bond acceptors (Lipinski definition) is 4. The summed E-state index contributed by atoms with van der Waals surface area (Å²) in [5.41, 5.74) is 3.34. The SMILES string of the molecule is COC(=O)C(Cc1c[nH]c2ccccc12)NC(=O)c1cccc(N(C)C)c1. The molecule has 0 aliphatic carbocycles. The third-order valence-electron chi connectivity index (χ3n) is 4.51. The van der Waals surface area contributed by atoms with Gasteiger partial charge in [-0.1, -0.05) is 24.3 Å². The minimum atomic E-state index is -0.773. The monoisotopic (exact) mass is 365 g/mol. The number of carbonyl (C=O) groups excluding carboxylic acids is 2. The molecule has 140 valence electrons. The van der Waals surface area contributed by atoms with Crippen molar-refractivity contribution in [2.75, 3.05) is 26.1 Å². The standard InChI is InChI=1S/C21H23N3O3/c1-24(2)16-8-6-7-14(11-16)20(25)23-19(21(26)27-3)12-15-13-22-18-10-5-4-9-17(15)18/h4-11,13,19,22H,12H2,1-3H3,(H,23,25). The van der Waals surface area contributed by atoms with Crippen LogP contribution in [0.2, 0.25) is 0 Å². The lowest BCUT2D eigenvalue weighted by Gasteiger charge is -2.17. The van der Waals surface area contributed by atoms with Crippen molar-refractivity contribution in [3.05, 3.63) is 65.9 Å². The van der Waals surface area contributed by atoms with E-state index in [-0.39, 0.29) is 5.91 Å². The van der Waals surface area contributed by atoms with E-state index in [0.29, 0.717) is 12.0 Å². The number of aromatic nitrogens is 1. The third-order valence-corrected chi connectivity index (χ3v) is 4.51. The number of carbonyl (C=O) groups is 2. The summed E-state index contributed by atoms with van der Waals surface area (Å²) in [5, 5.41) is 3.83. The quantitative estimate of drug-likeness (QED) is 0.659. The molecule has 2 aromatic carbocycles. The Morgan fingerprint density at radius 3 is 2.67 bits per heavy atom. The predicted octanol–water partition coefficient (Wildman–Crippen LogP) is 2.75. The molecule has 0 radical (unpaired) electrons. The van der Waals surface area contributed by atoms with Gasteiger partial charge in [-0.2, -0.15) is 0 Å². The number of methoxy groups -OCH3 is 1. The summed E-state index contributed by atoms with van der Waals surface area (Å²) in [6.45, 7) is 0. The van der Waals surface area contributed by atoms with Crippen LogP contribution in [0.25, 0.3) is 10.9 Å². The van der Waals surface area contributed by atoms with Gasteiger partial charge >= 0.3 is 5.97 Å².